The third kappa shape index (κ3) is 5.22. The van der Waals surface area contributed by atoms with E-state index in [4.69, 9.17) is 4.98 Å². The Labute approximate surface area is 195 Å². The molecular formula is C27H32N4O2. The summed E-state index contributed by atoms with van der Waals surface area (Å²) in [5.41, 5.74) is 5.60. The first-order valence-corrected chi connectivity index (χ1v) is 11.6. The third-order valence-corrected chi connectivity index (χ3v) is 6.16. The number of hydrogen-bond acceptors (Lipinski definition) is 4. The molecule has 3 aromatic rings. The van der Waals surface area contributed by atoms with Gasteiger partial charge in [0.1, 0.15) is 12.4 Å². The van der Waals surface area contributed by atoms with Gasteiger partial charge >= 0.3 is 0 Å². The molecule has 0 aliphatic carbocycles. The van der Waals surface area contributed by atoms with Crippen LogP contribution in [0.1, 0.15) is 53.5 Å². The molecule has 6 heteroatoms. The van der Waals surface area contributed by atoms with Crippen LogP contribution in [0.25, 0.3) is 0 Å². The van der Waals surface area contributed by atoms with Crippen molar-refractivity contribution in [1.29, 1.82) is 0 Å². The van der Waals surface area contributed by atoms with Crippen LogP contribution in [0.2, 0.25) is 0 Å². The molecule has 1 aromatic heterocycles. The van der Waals surface area contributed by atoms with Gasteiger partial charge in [0.15, 0.2) is 0 Å². The summed E-state index contributed by atoms with van der Waals surface area (Å²) in [6.45, 7) is 10.2. The highest BCUT2D eigenvalue weighted by molar-refractivity contribution is 5.91. The van der Waals surface area contributed by atoms with Crippen LogP contribution in [-0.4, -0.2) is 26.9 Å². The lowest BCUT2D eigenvalue weighted by molar-refractivity contribution is -0.116. The molecule has 0 atom stereocenters. The summed E-state index contributed by atoms with van der Waals surface area (Å²) in [6.07, 6.45) is 0.644. The van der Waals surface area contributed by atoms with E-state index in [1.165, 1.54) is 5.56 Å². The second-order valence-electron chi connectivity index (χ2n) is 9.25. The van der Waals surface area contributed by atoms with Crippen LogP contribution in [0.15, 0.2) is 53.3 Å². The molecule has 1 N–H and O–H groups in total. The van der Waals surface area contributed by atoms with Gasteiger partial charge < -0.3 is 5.32 Å². The van der Waals surface area contributed by atoms with Crippen LogP contribution in [0, 0.1) is 13.8 Å². The number of amides is 1. The van der Waals surface area contributed by atoms with Crippen LogP contribution in [-0.2, 0) is 30.8 Å². The normalized spacial score (nSPS) is 13.7. The molecule has 2 heterocycles. The van der Waals surface area contributed by atoms with Gasteiger partial charge in [-0.25, -0.2) is 4.98 Å². The van der Waals surface area contributed by atoms with E-state index in [0.717, 1.165) is 41.2 Å². The number of aryl methyl sites for hydroxylation is 2. The molecule has 1 aliphatic heterocycles. The molecule has 0 saturated carbocycles. The van der Waals surface area contributed by atoms with E-state index in [1.807, 2.05) is 64.1 Å². The average Bonchev–Trinajstić information content (AvgIpc) is 2.78. The van der Waals surface area contributed by atoms with Crippen molar-refractivity contribution in [2.75, 3.05) is 11.9 Å². The summed E-state index contributed by atoms with van der Waals surface area (Å²) in [5, 5.41) is 2.97. The molecular weight excluding hydrogens is 412 g/mol. The number of aromatic nitrogens is 2. The lowest BCUT2D eigenvalue weighted by Gasteiger charge is -2.29. The van der Waals surface area contributed by atoms with Gasteiger partial charge in [0, 0.05) is 36.8 Å². The first-order valence-electron chi connectivity index (χ1n) is 11.6. The number of fused-ring (bicyclic) bond motifs is 1. The standard InChI is InChI=1S/C27H32N4O2/c1-18(2)26-29-24-16-30(15-21-8-6-5-7-9-21)13-12-22(24)27(33)31(26)17-25(32)28-23-14-19(3)10-11-20(23)4/h5-11,14,18H,12-13,15-17H2,1-4H3,(H,28,32). The Bertz CT molecular complexity index is 1210. The van der Waals surface area contributed by atoms with Crippen molar-refractivity contribution in [3.05, 3.63) is 92.7 Å². The average molecular weight is 445 g/mol. The quantitative estimate of drug-likeness (QED) is 0.619. The van der Waals surface area contributed by atoms with E-state index in [0.29, 0.717) is 18.8 Å². The van der Waals surface area contributed by atoms with Crippen molar-refractivity contribution in [1.82, 2.24) is 14.5 Å². The van der Waals surface area contributed by atoms with Gasteiger partial charge in [-0.1, -0.05) is 56.3 Å². The molecule has 1 amide bonds. The van der Waals surface area contributed by atoms with Crippen molar-refractivity contribution in [3.8, 4) is 0 Å². The van der Waals surface area contributed by atoms with Crippen LogP contribution in [0.3, 0.4) is 0 Å². The molecule has 0 radical (unpaired) electrons. The molecule has 0 fully saturated rings. The Morgan fingerprint density at radius 2 is 1.88 bits per heavy atom. The molecule has 0 unspecified atom stereocenters. The summed E-state index contributed by atoms with van der Waals surface area (Å²) in [5.74, 6) is 0.480. The molecule has 172 valence electrons. The van der Waals surface area contributed by atoms with Crippen molar-refractivity contribution >= 4 is 11.6 Å². The highest BCUT2D eigenvalue weighted by atomic mass is 16.2. The number of carbonyl (C=O) groups excluding carboxylic acids is 1. The predicted octanol–water partition coefficient (Wildman–Crippen LogP) is 4.18. The van der Waals surface area contributed by atoms with Gasteiger partial charge in [0.25, 0.3) is 5.56 Å². The predicted molar refractivity (Wildman–Crippen MR) is 131 cm³/mol. The lowest BCUT2D eigenvalue weighted by Crippen LogP contribution is -2.40. The summed E-state index contributed by atoms with van der Waals surface area (Å²) < 4.78 is 1.57. The zero-order chi connectivity index (χ0) is 23.5. The Morgan fingerprint density at radius 3 is 2.61 bits per heavy atom. The topological polar surface area (TPSA) is 67.2 Å². The van der Waals surface area contributed by atoms with Crippen molar-refractivity contribution in [2.24, 2.45) is 0 Å². The SMILES string of the molecule is Cc1ccc(C)c(NC(=O)Cn2c(C(C)C)nc3c(c2=O)CCN(Cc2ccccc2)C3)c1. The second-order valence-corrected chi connectivity index (χ2v) is 9.25. The first kappa shape index (κ1) is 22.9. The minimum absolute atomic E-state index is 0.0287. The van der Waals surface area contributed by atoms with E-state index in [-0.39, 0.29) is 23.9 Å². The van der Waals surface area contributed by atoms with Crippen LogP contribution < -0.4 is 10.9 Å². The van der Waals surface area contributed by atoms with Crippen LogP contribution in [0.5, 0.6) is 0 Å². The summed E-state index contributed by atoms with van der Waals surface area (Å²) >= 11 is 0. The maximum atomic E-state index is 13.4. The maximum absolute atomic E-state index is 13.4. The molecule has 0 bridgehead atoms. The highest BCUT2D eigenvalue weighted by Gasteiger charge is 2.25. The van der Waals surface area contributed by atoms with E-state index >= 15 is 0 Å². The number of rotatable bonds is 6. The smallest absolute Gasteiger partial charge is 0.257 e. The van der Waals surface area contributed by atoms with E-state index in [1.54, 1.807) is 4.57 Å². The van der Waals surface area contributed by atoms with Gasteiger partial charge in [-0.3, -0.25) is 19.1 Å². The van der Waals surface area contributed by atoms with Gasteiger partial charge in [0.2, 0.25) is 5.91 Å². The van der Waals surface area contributed by atoms with E-state index < -0.39 is 0 Å². The van der Waals surface area contributed by atoms with Gasteiger partial charge in [-0.2, -0.15) is 0 Å². The van der Waals surface area contributed by atoms with E-state index in [2.05, 4.69) is 22.3 Å². The molecule has 1 aliphatic rings. The van der Waals surface area contributed by atoms with Gasteiger partial charge in [-0.15, -0.1) is 0 Å². The van der Waals surface area contributed by atoms with Crippen LogP contribution in [0.4, 0.5) is 5.69 Å². The fourth-order valence-electron chi connectivity index (χ4n) is 4.37. The molecule has 33 heavy (non-hydrogen) atoms. The monoisotopic (exact) mass is 444 g/mol. The summed E-state index contributed by atoms with van der Waals surface area (Å²) in [6, 6.07) is 16.3. The lowest BCUT2D eigenvalue weighted by atomic mass is 10.0. The van der Waals surface area contributed by atoms with Gasteiger partial charge in [0.05, 0.1) is 5.69 Å². The molecule has 0 spiro atoms. The van der Waals surface area contributed by atoms with Crippen LogP contribution >= 0.6 is 0 Å². The zero-order valence-electron chi connectivity index (χ0n) is 19.9. The zero-order valence-corrected chi connectivity index (χ0v) is 19.9. The summed E-state index contributed by atoms with van der Waals surface area (Å²) in [4.78, 5) is 33.5. The van der Waals surface area contributed by atoms with Gasteiger partial charge in [-0.05, 0) is 43.0 Å². The highest BCUT2D eigenvalue weighted by Crippen LogP contribution is 2.21. The minimum Gasteiger partial charge on any atom is -0.324 e. The second kappa shape index (κ2) is 9.71. The molecule has 2 aromatic carbocycles. The number of anilines is 1. The molecule has 4 rings (SSSR count). The van der Waals surface area contributed by atoms with Crippen molar-refractivity contribution < 1.29 is 4.79 Å². The Balaban J connectivity index is 1.58. The third-order valence-electron chi connectivity index (χ3n) is 6.16. The fourth-order valence-corrected chi connectivity index (χ4v) is 4.37. The Morgan fingerprint density at radius 1 is 1.12 bits per heavy atom. The fraction of sp³-hybridized carbons (Fsp3) is 0.370. The Kier molecular flexibility index (Phi) is 6.75. The van der Waals surface area contributed by atoms with E-state index in [9.17, 15) is 9.59 Å². The number of nitrogens with zero attached hydrogens (tertiary/aromatic N) is 3. The molecule has 6 nitrogen and oxygen atoms in total. The number of hydrogen-bond donors (Lipinski definition) is 1. The minimum atomic E-state index is -0.212. The number of carbonyl (C=O) groups is 1. The van der Waals surface area contributed by atoms with Crippen molar-refractivity contribution in [3.63, 3.8) is 0 Å². The van der Waals surface area contributed by atoms with Crippen molar-refractivity contribution in [2.45, 2.75) is 59.7 Å². The first-order chi connectivity index (χ1) is 15.8. The number of benzene rings is 2. The maximum Gasteiger partial charge on any atom is 0.257 e. The Hall–Kier alpha value is -3.25. The summed E-state index contributed by atoms with van der Waals surface area (Å²) in [7, 11) is 0. The molecule has 0 saturated heterocycles. The number of nitrogens with one attached hydrogen (secondary N) is 1. The largest absolute Gasteiger partial charge is 0.324 e.